The first-order chi connectivity index (χ1) is 7.94. The zero-order valence-corrected chi connectivity index (χ0v) is 11.1. The Balaban J connectivity index is 2.61. The maximum absolute atomic E-state index is 12.1. The second kappa shape index (κ2) is 5.97. The predicted molar refractivity (Wildman–Crippen MR) is 71.7 cm³/mol. The number of hydrogen-bond donors (Lipinski definition) is 1. The van der Waals surface area contributed by atoms with E-state index in [9.17, 15) is 4.79 Å². The van der Waals surface area contributed by atoms with E-state index in [-0.39, 0.29) is 5.78 Å². The maximum Gasteiger partial charge on any atom is 0.156 e. The third-order valence-electron chi connectivity index (χ3n) is 3.14. The van der Waals surface area contributed by atoms with Crippen molar-refractivity contribution in [3.63, 3.8) is 0 Å². The van der Waals surface area contributed by atoms with Crippen LogP contribution in [0.5, 0.6) is 0 Å². The van der Waals surface area contributed by atoms with Gasteiger partial charge in [-0.3, -0.25) is 4.79 Å². The van der Waals surface area contributed by atoms with E-state index in [0.717, 1.165) is 18.4 Å². The topological polar surface area (TPSA) is 43.1 Å². The lowest BCUT2D eigenvalue weighted by molar-refractivity contribution is -0.124. The van der Waals surface area contributed by atoms with Gasteiger partial charge in [0.15, 0.2) is 5.78 Å². The molecule has 1 aromatic carbocycles. The van der Waals surface area contributed by atoms with Crippen molar-refractivity contribution in [3.05, 3.63) is 35.9 Å². The number of Topliss-reactive ketones (excluding diaryl/α,β-unsaturated/α-hetero) is 1. The van der Waals surface area contributed by atoms with Crippen molar-refractivity contribution in [2.75, 3.05) is 0 Å². The minimum Gasteiger partial charge on any atom is -0.315 e. The number of benzene rings is 1. The summed E-state index contributed by atoms with van der Waals surface area (Å²) in [5.41, 5.74) is 6.20. The molecule has 17 heavy (non-hydrogen) atoms. The summed E-state index contributed by atoms with van der Waals surface area (Å²) < 4.78 is 0. The second-order valence-corrected chi connectivity index (χ2v) is 5.28. The fourth-order valence-electron chi connectivity index (χ4n) is 1.88. The SMILES string of the molecule is CC(C)CCCC(=O)C(C)(N)c1ccccc1. The van der Waals surface area contributed by atoms with E-state index < -0.39 is 5.54 Å². The van der Waals surface area contributed by atoms with Crippen molar-refractivity contribution < 1.29 is 4.79 Å². The van der Waals surface area contributed by atoms with Gasteiger partial charge >= 0.3 is 0 Å². The molecule has 2 heteroatoms. The lowest BCUT2D eigenvalue weighted by Gasteiger charge is -2.23. The van der Waals surface area contributed by atoms with Crippen LogP contribution in [-0.4, -0.2) is 5.78 Å². The Labute approximate surface area is 104 Å². The van der Waals surface area contributed by atoms with E-state index in [4.69, 9.17) is 5.73 Å². The third-order valence-corrected chi connectivity index (χ3v) is 3.14. The Morgan fingerprint density at radius 2 is 1.88 bits per heavy atom. The molecule has 0 heterocycles. The summed E-state index contributed by atoms with van der Waals surface area (Å²) in [5.74, 6) is 0.771. The average molecular weight is 233 g/mol. The molecule has 0 amide bonds. The lowest BCUT2D eigenvalue weighted by Crippen LogP contribution is -2.41. The summed E-state index contributed by atoms with van der Waals surface area (Å²) in [6.07, 6.45) is 2.58. The predicted octanol–water partition coefficient (Wildman–Crippen LogP) is 3.26. The molecule has 2 nitrogen and oxygen atoms in total. The fourth-order valence-corrected chi connectivity index (χ4v) is 1.88. The first-order valence-electron chi connectivity index (χ1n) is 6.32. The normalized spacial score (nSPS) is 14.6. The highest BCUT2D eigenvalue weighted by Gasteiger charge is 2.29. The van der Waals surface area contributed by atoms with Gasteiger partial charge in [-0.15, -0.1) is 0 Å². The molecule has 1 atom stereocenters. The zero-order chi connectivity index (χ0) is 12.9. The van der Waals surface area contributed by atoms with Crippen LogP contribution in [0.3, 0.4) is 0 Å². The molecule has 0 spiro atoms. The van der Waals surface area contributed by atoms with Gasteiger partial charge in [0.1, 0.15) is 0 Å². The van der Waals surface area contributed by atoms with Crippen molar-refractivity contribution in [1.82, 2.24) is 0 Å². The van der Waals surface area contributed by atoms with Gasteiger partial charge < -0.3 is 5.73 Å². The fraction of sp³-hybridized carbons (Fsp3) is 0.533. The smallest absolute Gasteiger partial charge is 0.156 e. The summed E-state index contributed by atoms with van der Waals surface area (Å²) in [7, 11) is 0. The third kappa shape index (κ3) is 3.97. The van der Waals surface area contributed by atoms with Crippen molar-refractivity contribution in [2.24, 2.45) is 11.7 Å². The van der Waals surface area contributed by atoms with Gasteiger partial charge in [0.25, 0.3) is 0 Å². The minimum atomic E-state index is -0.849. The van der Waals surface area contributed by atoms with E-state index in [1.165, 1.54) is 0 Å². The van der Waals surface area contributed by atoms with E-state index in [0.29, 0.717) is 12.3 Å². The van der Waals surface area contributed by atoms with Crippen LogP contribution in [0.2, 0.25) is 0 Å². The Morgan fingerprint density at radius 1 is 1.29 bits per heavy atom. The molecule has 0 aliphatic carbocycles. The molecular formula is C15H23NO. The van der Waals surface area contributed by atoms with Crippen LogP contribution < -0.4 is 5.73 Å². The van der Waals surface area contributed by atoms with E-state index >= 15 is 0 Å². The number of carbonyl (C=O) groups is 1. The van der Waals surface area contributed by atoms with E-state index in [2.05, 4.69) is 13.8 Å². The maximum atomic E-state index is 12.1. The van der Waals surface area contributed by atoms with Crippen LogP contribution in [0.1, 0.15) is 45.6 Å². The molecule has 94 valence electrons. The highest BCUT2D eigenvalue weighted by molar-refractivity contribution is 5.88. The van der Waals surface area contributed by atoms with Crippen LogP contribution in [0.25, 0.3) is 0 Å². The van der Waals surface area contributed by atoms with Gasteiger partial charge in [0.2, 0.25) is 0 Å². The highest BCUT2D eigenvalue weighted by atomic mass is 16.1. The molecule has 2 N–H and O–H groups in total. The number of nitrogens with two attached hydrogens (primary N) is 1. The first kappa shape index (κ1) is 13.9. The van der Waals surface area contributed by atoms with Crippen LogP contribution in [0.15, 0.2) is 30.3 Å². The Bertz CT molecular complexity index is 354. The summed E-state index contributed by atoms with van der Waals surface area (Å²) in [6, 6.07) is 9.60. The van der Waals surface area contributed by atoms with Gasteiger partial charge in [-0.25, -0.2) is 0 Å². The van der Waals surface area contributed by atoms with Crippen molar-refractivity contribution >= 4 is 5.78 Å². The Morgan fingerprint density at radius 3 is 2.41 bits per heavy atom. The molecule has 1 rings (SSSR count). The van der Waals surface area contributed by atoms with E-state index in [1.807, 2.05) is 30.3 Å². The molecule has 0 bridgehead atoms. The largest absolute Gasteiger partial charge is 0.315 e. The number of carbonyl (C=O) groups excluding carboxylic acids is 1. The average Bonchev–Trinajstić information content (AvgIpc) is 2.29. The molecule has 0 fully saturated rings. The lowest BCUT2D eigenvalue weighted by atomic mass is 9.86. The monoisotopic (exact) mass is 233 g/mol. The molecule has 0 aromatic heterocycles. The van der Waals surface area contributed by atoms with Crippen LogP contribution >= 0.6 is 0 Å². The van der Waals surface area contributed by atoms with Crippen LogP contribution in [0, 0.1) is 5.92 Å². The van der Waals surface area contributed by atoms with Gasteiger partial charge in [-0.2, -0.15) is 0 Å². The van der Waals surface area contributed by atoms with Gasteiger partial charge in [0, 0.05) is 6.42 Å². The van der Waals surface area contributed by atoms with E-state index in [1.54, 1.807) is 6.92 Å². The summed E-state index contributed by atoms with van der Waals surface area (Å²) in [4.78, 5) is 12.1. The molecule has 0 radical (unpaired) electrons. The van der Waals surface area contributed by atoms with Gasteiger partial charge in [0.05, 0.1) is 5.54 Å². The Kier molecular flexibility index (Phi) is 4.88. The number of ketones is 1. The molecule has 1 unspecified atom stereocenters. The second-order valence-electron chi connectivity index (χ2n) is 5.28. The van der Waals surface area contributed by atoms with Crippen molar-refractivity contribution in [3.8, 4) is 0 Å². The van der Waals surface area contributed by atoms with Crippen LogP contribution in [0.4, 0.5) is 0 Å². The van der Waals surface area contributed by atoms with Gasteiger partial charge in [-0.05, 0) is 24.8 Å². The highest BCUT2D eigenvalue weighted by Crippen LogP contribution is 2.21. The quantitative estimate of drug-likeness (QED) is 0.819. The number of rotatable bonds is 6. The number of hydrogen-bond acceptors (Lipinski definition) is 2. The Hall–Kier alpha value is -1.15. The summed E-state index contributed by atoms with van der Waals surface area (Å²) in [6.45, 7) is 6.15. The molecule has 0 aliphatic rings. The standard InChI is InChI=1S/C15H23NO/c1-12(2)8-7-11-14(17)15(3,16)13-9-5-4-6-10-13/h4-6,9-10,12H,7-8,11,16H2,1-3H3. The van der Waals surface area contributed by atoms with Gasteiger partial charge in [-0.1, -0.05) is 50.6 Å². The molecule has 1 aromatic rings. The molecule has 0 saturated carbocycles. The summed E-state index contributed by atoms with van der Waals surface area (Å²) >= 11 is 0. The zero-order valence-electron chi connectivity index (χ0n) is 11.1. The molecule has 0 saturated heterocycles. The molecular weight excluding hydrogens is 210 g/mol. The first-order valence-corrected chi connectivity index (χ1v) is 6.32. The van der Waals surface area contributed by atoms with Crippen LogP contribution in [-0.2, 0) is 10.3 Å². The molecule has 0 aliphatic heterocycles. The van der Waals surface area contributed by atoms with Crippen molar-refractivity contribution in [2.45, 2.75) is 45.6 Å². The minimum absolute atomic E-state index is 0.129. The van der Waals surface area contributed by atoms with Crippen molar-refractivity contribution in [1.29, 1.82) is 0 Å². The summed E-state index contributed by atoms with van der Waals surface area (Å²) in [5, 5.41) is 0.